The summed E-state index contributed by atoms with van der Waals surface area (Å²) in [5, 5.41) is 11.0. The Morgan fingerprint density at radius 3 is 2.61 bits per heavy atom. The number of pyridine rings is 1. The summed E-state index contributed by atoms with van der Waals surface area (Å²) in [6, 6.07) is 10.1. The average Bonchev–Trinajstić information content (AvgIpc) is 3.06. The zero-order chi connectivity index (χ0) is 20.3. The fourth-order valence-corrected chi connectivity index (χ4v) is 2.66. The number of fused-ring (bicyclic) bond motifs is 1. The van der Waals surface area contributed by atoms with Crippen LogP contribution in [-0.4, -0.2) is 38.9 Å². The summed E-state index contributed by atoms with van der Waals surface area (Å²) in [6.07, 6.45) is -2.93. The summed E-state index contributed by atoms with van der Waals surface area (Å²) >= 11 is 0. The number of alkyl halides is 3. The lowest BCUT2D eigenvalue weighted by Crippen LogP contribution is -2.38. The molecule has 0 fully saturated rings. The number of aromatic nitrogens is 3. The van der Waals surface area contributed by atoms with Crippen LogP contribution in [0.5, 0.6) is 5.75 Å². The second-order valence-electron chi connectivity index (χ2n) is 6.21. The summed E-state index contributed by atoms with van der Waals surface area (Å²) in [6.45, 7) is 2.00. The molecule has 0 aliphatic rings. The predicted molar refractivity (Wildman–Crippen MR) is 94.5 cm³/mol. The van der Waals surface area contributed by atoms with E-state index in [-0.39, 0.29) is 18.3 Å². The monoisotopic (exact) mass is 393 g/mol. The van der Waals surface area contributed by atoms with Gasteiger partial charge in [-0.25, -0.2) is 4.79 Å². The minimum atomic E-state index is -4.74. The molecule has 2 amide bonds. The number of carbonyl (C=O) groups is 1. The summed E-state index contributed by atoms with van der Waals surface area (Å²) in [5.41, 5.74) is 1.33. The molecule has 148 valence electrons. The number of rotatable bonds is 5. The maximum atomic E-state index is 12.4. The van der Waals surface area contributed by atoms with Crippen LogP contribution in [0.4, 0.5) is 18.0 Å². The lowest BCUT2D eigenvalue weighted by atomic mass is 10.2. The molecule has 3 aromatic rings. The molecule has 1 unspecified atom stereocenters. The van der Waals surface area contributed by atoms with E-state index in [1.54, 1.807) is 18.4 Å². The molecule has 3 rings (SSSR count). The quantitative estimate of drug-likeness (QED) is 0.720. The molecule has 2 heterocycles. The van der Waals surface area contributed by atoms with Crippen molar-refractivity contribution in [2.45, 2.75) is 25.9 Å². The first kappa shape index (κ1) is 19.5. The fraction of sp³-hybridized carbons (Fsp3) is 0.278. The number of benzene rings is 1. The first-order valence-corrected chi connectivity index (χ1v) is 8.39. The van der Waals surface area contributed by atoms with Gasteiger partial charge in [-0.1, -0.05) is 18.2 Å². The Hall–Kier alpha value is -3.30. The van der Waals surface area contributed by atoms with Crippen molar-refractivity contribution >= 4 is 11.7 Å². The van der Waals surface area contributed by atoms with Gasteiger partial charge in [-0.05, 0) is 36.8 Å². The van der Waals surface area contributed by atoms with Crippen LogP contribution in [0, 0.1) is 0 Å². The fourth-order valence-electron chi connectivity index (χ4n) is 2.66. The topological polar surface area (TPSA) is 71.8 Å². The van der Waals surface area contributed by atoms with Gasteiger partial charge < -0.3 is 15.0 Å². The van der Waals surface area contributed by atoms with Gasteiger partial charge in [0.05, 0.1) is 6.04 Å². The number of urea groups is 1. The highest BCUT2D eigenvalue weighted by atomic mass is 19.4. The SMILES string of the molecule is CC(NC(=O)N(C)Cc1ccc(OC(F)(F)F)cc1)c1nnc2ccccn12. The Labute approximate surface area is 158 Å². The highest BCUT2D eigenvalue weighted by Crippen LogP contribution is 2.23. The van der Waals surface area contributed by atoms with Gasteiger partial charge in [0.1, 0.15) is 5.75 Å². The van der Waals surface area contributed by atoms with Crippen LogP contribution in [0.3, 0.4) is 0 Å². The van der Waals surface area contributed by atoms with Gasteiger partial charge in [0.25, 0.3) is 0 Å². The smallest absolute Gasteiger partial charge is 0.406 e. The van der Waals surface area contributed by atoms with Crippen LogP contribution < -0.4 is 10.1 Å². The van der Waals surface area contributed by atoms with Crippen molar-refractivity contribution in [3.63, 3.8) is 0 Å². The van der Waals surface area contributed by atoms with Crippen LogP contribution in [0.1, 0.15) is 24.4 Å². The van der Waals surface area contributed by atoms with Crippen molar-refractivity contribution in [1.29, 1.82) is 0 Å². The van der Waals surface area contributed by atoms with Crippen LogP contribution in [0.25, 0.3) is 5.65 Å². The van der Waals surface area contributed by atoms with E-state index < -0.39 is 12.4 Å². The number of carbonyl (C=O) groups excluding carboxylic acids is 1. The van der Waals surface area contributed by atoms with Gasteiger partial charge in [-0.15, -0.1) is 23.4 Å². The van der Waals surface area contributed by atoms with Crippen LogP contribution in [-0.2, 0) is 6.54 Å². The van der Waals surface area contributed by atoms with Crippen molar-refractivity contribution in [3.05, 3.63) is 60.0 Å². The van der Waals surface area contributed by atoms with Crippen molar-refractivity contribution in [1.82, 2.24) is 24.8 Å². The number of hydrogen-bond acceptors (Lipinski definition) is 4. The number of ether oxygens (including phenoxy) is 1. The van der Waals surface area contributed by atoms with Gasteiger partial charge in [0, 0.05) is 19.8 Å². The lowest BCUT2D eigenvalue weighted by molar-refractivity contribution is -0.274. The molecule has 28 heavy (non-hydrogen) atoms. The average molecular weight is 393 g/mol. The number of nitrogens with one attached hydrogen (secondary N) is 1. The second-order valence-corrected chi connectivity index (χ2v) is 6.21. The van der Waals surface area contributed by atoms with E-state index >= 15 is 0 Å². The van der Waals surface area contributed by atoms with Crippen molar-refractivity contribution in [3.8, 4) is 5.75 Å². The van der Waals surface area contributed by atoms with E-state index in [4.69, 9.17) is 0 Å². The number of nitrogens with zero attached hydrogens (tertiary/aromatic N) is 4. The molecular weight excluding hydrogens is 375 g/mol. The van der Waals surface area contributed by atoms with Crippen molar-refractivity contribution < 1.29 is 22.7 Å². The largest absolute Gasteiger partial charge is 0.573 e. The lowest BCUT2D eigenvalue weighted by Gasteiger charge is -2.21. The van der Waals surface area contributed by atoms with E-state index in [0.29, 0.717) is 17.0 Å². The van der Waals surface area contributed by atoms with Crippen LogP contribution in [0.15, 0.2) is 48.7 Å². The van der Waals surface area contributed by atoms with E-state index in [1.807, 2.05) is 24.4 Å². The van der Waals surface area contributed by atoms with E-state index in [0.717, 1.165) is 0 Å². The first-order chi connectivity index (χ1) is 13.2. The zero-order valence-electron chi connectivity index (χ0n) is 15.1. The molecule has 1 aromatic carbocycles. The first-order valence-electron chi connectivity index (χ1n) is 8.39. The molecule has 0 aliphatic carbocycles. The standard InChI is InChI=1S/C18H18F3N5O2/c1-12(16-24-23-15-5-3-4-10-26(15)16)22-17(27)25(2)11-13-6-8-14(9-7-13)28-18(19,20)21/h3-10,12H,11H2,1-2H3,(H,22,27). The Kier molecular flexibility index (Phi) is 5.39. The van der Waals surface area contributed by atoms with Crippen molar-refractivity contribution in [2.75, 3.05) is 7.05 Å². The summed E-state index contributed by atoms with van der Waals surface area (Å²) in [7, 11) is 1.59. The highest BCUT2D eigenvalue weighted by molar-refractivity contribution is 5.74. The molecule has 0 bridgehead atoms. The number of amides is 2. The third-order valence-electron chi connectivity index (χ3n) is 3.99. The molecule has 2 aromatic heterocycles. The summed E-state index contributed by atoms with van der Waals surface area (Å²) in [4.78, 5) is 13.8. The minimum absolute atomic E-state index is 0.214. The van der Waals surface area contributed by atoms with Gasteiger partial charge in [-0.3, -0.25) is 4.40 Å². The van der Waals surface area contributed by atoms with Gasteiger partial charge >= 0.3 is 12.4 Å². The molecule has 0 spiro atoms. The normalized spacial score (nSPS) is 12.6. The molecule has 0 radical (unpaired) electrons. The third kappa shape index (κ3) is 4.70. The molecule has 10 heteroatoms. The van der Waals surface area contributed by atoms with Crippen LogP contribution in [0.2, 0.25) is 0 Å². The maximum absolute atomic E-state index is 12.4. The highest BCUT2D eigenvalue weighted by Gasteiger charge is 2.31. The molecule has 0 saturated heterocycles. The predicted octanol–water partition coefficient (Wildman–Crippen LogP) is 3.53. The molecular formula is C18H18F3N5O2. The Morgan fingerprint density at radius 2 is 1.93 bits per heavy atom. The molecule has 0 saturated carbocycles. The zero-order valence-corrected chi connectivity index (χ0v) is 15.1. The van der Waals surface area contributed by atoms with E-state index in [1.165, 1.54) is 29.2 Å². The molecule has 1 N–H and O–H groups in total. The number of hydrogen-bond donors (Lipinski definition) is 1. The van der Waals surface area contributed by atoms with Crippen LogP contribution >= 0.6 is 0 Å². The second kappa shape index (κ2) is 7.75. The third-order valence-corrected chi connectivity index (χ3v) is 3.99. The molecule has 1 atom stereocenters. The Morgan fingerprint density at radius 1 is 1.21 bits per heavy atom. The number of halogens is 3. The van der Waals surface area contributed by atoms with Crippen molar-refractivity contribution in [2.24, 2.45) is 0 Å². The summed E-state index contributed by atoms with van der Waals surface area (Å²) < 4.78 is 42.2. The van der Waals surface area contributed by atoms with E-state index in [2.05, 4.69) is 20.3 Å². The van der Waals surface area contributed by atoms with Gasteiger partial charge in [-0.2, -0.15) is 0 Å². The Balaban J connectivity index is 1.60. The minimum Gasteiger partial charge on any atom is -0.406 e. The summed E-state index contributed by atoms with van der Waals surface area (Å²) in [5.74, 6) is 0.279. The van der Waals surface area contributed by atoms with E-state index in [9.17, 15) is 18.0 Å². The Bertz CT molecular complexity index is 956. The maximum Gasteiger partial charge on any atom is 0.573 e. The molecule has 0 aliphatic heterocycles. The molecule has 7 nitrogen and oxygen atoms in total. The van der Waals surface area contributed by atoms with Gasteiger partial charge in [0.2, 0.25) is 0 Å². The van der Waals surface area contributed by atoms with Gasteiger partial charge in [0.15, 0.2) is 11.5 Å².